The molecule has 0 radical (unpaired) electrons. The van der Waals surface area contributed by atoms with E-state index in [0.717, 1.165) is 30.6 Å². The average Bonchev–Trinajstić information content (AvgIpc) is 3.76. The zero-order valence-corrected chi connectivity index (χ0v) is 32.4. The van der Waals surface area contributed by atoms with E-state index in [2.05, 4.69) is 27.8 Å². The first-order chi connectivity index (χ1) is 24.6. The third kappa shape index (κ3) is 10.7. The molecule has 1 saturated heterocycles. The summed E-state index contributed by atoms with van der Waals surface area (Å²) in [5, 5.41) is 10.6. The predicted molar refractivity (Wildman–Crippen MR) is 193 cm³/mol. The average molecular weight is 774 g/mol. The van der Waals surface area contributed by atoms with E-state index in [0.29, 0.717) is 51.4 Å². The lowest BCUT2D eigenvalue weighted by Gasteiger charge is -2.44. The first-order valence-corrected chi connectivity index (χ1v) is 20.7. The minimum Gasteiger partial charge on any atom is -0.346 e. The lowest BCUT2D eigenvalue weighted by Crippen LogP contribution is -2.64. The Morgan fingerprint density at radius 2 is 1.51 bits per heavy atom. The van der Waals surface area contributed by atoms with Gasteiger partial charge in [0, 0.05) is 13.1 Å². The molecule has 5 amide bonds. The second-order valence-corrected chi connectivity index (χ2v) is 19.8. The maximum atomic E-state index is 14.6. The summed E-state index contributed by atoms with van der Waals surface area (Å²) >= 11 is 0. The minimum atomic E-state index is -4.75. The van der Waals surface area contributed by atoms with Crippen LogP contribution in [-0.4, -0.2) is 96.3 Å². The molecule has 0 aromatic carbocycles. The summed E-state index contributed by atoms with van der Waals surface area (Å²) < 4.78 is 68.5. The van der Waals surface area contributed by atoms with Crippen LogP contribution in [0, 0.1) is 17.3 Å². The molecule has 1 unspecified atom stereocenters. The summed E-state index contributed by atoms with van der Waals surface area (Å²) in [6.07, 6.45) is 3.86. The summed E-state index contributed by atoms with van der Waals surface area (Å²) in [7, 11) is -3.68. The van der Waals surface area contributed by atoms with Crippen molar-refractivity contribution in [1.29, 1.82) is 0 Å². The van der Waals surface area contributed by atoms with Gasteiger partial charge in [0.25, 0.3) is 5.91 Å². The largest absolute Gasteiger partial charge is 0.393 e. The molecule has 0 bridgehead atoms. The number of urea groups is 1. The Kier molecular flexibility index (Phi) is 13.4. The third-order valence-electron chi connectivity index (χ3n) is 11.7. The summed E-state index contributed by atoms with van der Waals surface area (Å²) in [6, 6.07) is -5.05. The SMILES string of the molecule is C=CCNC(=O)C(=O)C(CC1CC1)NC(=O)[C@@H]1C[C@@H](C(F)(F)F)CN1C(=O)[C@@H](NC(=O)NC1(CS(=O)(=O)C(C)(C)C)CCCCC1)C1(C)CCCCC1. The summed E-state index contributed by atoms with van der Waals surface area (Å²) in [6.45, 7) is 9.25. The number of ketones is 1. The molecule has 3 aliphatic carbocycles. The van der Waals surface area contributed by atoms with E-state index >= 15 is 0 Å². The highest BCUT2D eigenvalue weighted by Crippen LogP contribution is 2.43. The van der Waals surface area contributed by atoms with Crippen LogP contribution in [0.15, 0.2) is 12.7 Å². The molecule has 1 heterocycles. The predicted octanol–water partition coefficient (Wildman–Crippen LogP) is 4.48. The van der Waals surface area contributed by atoms with Crippen molar-refractivity contribution in [3.05, 3.63) is 12.7 Å². The van der Waals surface area contributed by atoms with Gasteiger partial charge < -0.3 is 26.2 Å². The molecule has 4 aliphatic rings. The molecule has 4 fully saturated rings. The van der Waals surface area contributed by atoms with E-state index in [-0.39, 0.29) is 24.6 Å². The van der Waals surface area contributed by atoms with Crippen LogP contribution < -0.4 is 21.3 Å². The first-order valence-electron chi connectivity index (χ1n) is 19.0. The smallest absolute Gasteiger partial charge is 0.346 e. The topological polar surface area (TPSA) is 171 Å². The fraction of sp³-hybridized carbons (Fsp3) is 0.811. The molecule has 1 aliphatic heterocycles. The normalized spacial score (nSPS) is 24.3. The van der Waals surface area contributed by atoms with E-state index in [1.165, 1.54) is 6.08 Å². The number of rotatable bonds is 14. The highest BCUT2D eigenvalue weighted by atomic mass is 32.2. The van der Waals surface area contributed by atoms with E-state index in [1.54, 1.807) is 27.7 Å². The van der Waals surface area contributed by atoms with Crippen LogP contribution in [0.3, 0.4) is 0 Å². The zero-order chi connectivity index (χ0) is 39.4. The molecule has 3 saturated carbocycles. The number of carbonyl (C=O) groups excluding carboxylic acids is 5. The van der Waals surface area contributed by atoms with Crippen molar-refractivity contribution < 1.29 is 45.6 Å². The van der Waals surface area contributed by atoms with Gasteiger partial charge in [-0.15, -0.1) is 6.58 Å². The number of carbonyl (C=O) groups is 5. The monoisotopic (exact) mass is 773 g/mol. The minimum absolute atomic E-state index is 0.00108. The van der Waals surface area contributed by atoms with Crippen molar-refractivity contribution in [2.24, 2.45) is 17.3 Å². The number of alkyl halides is 3. The number of nitrogens with one attached hydrogen (secondary N) is 4. The maximum Gasteiger partial charge on any atom is 0.393 e. The molecule has 0 spiro atoms. The van der Waals surface area contributed by atoms with Crippen LogP contribution in [0.2, 0.25) is 0 Å². The molecule has 0 aromatic rings. The van der Waals surface area contributed by atoms with Crippen LogP contribution in [0.1, 0.15) is 118 Å². The van der Waals surface area contributed by atoms with Gasteiger partial charge in [0.15, 0.2) is 9.84 Å². The fourth-order valence-electron chi connectivity index (χ4n) is 8.03. The second-order valence-electron chi connectivity index (χ2n) is 17.0. The van der Waals surface area contributed by atoms with Crippen LogP contribution in [0.5, 0.6) is 0 Å². The van der Waals surface area contributed by atoms with Gasteiger partial charge >= 0.3 is 12.2 Å². The molecule has 300 valence electrons. The van der Waals surface area contributed by atoms with Crippen LogP contribution >= 0.6 is 0 Å². The standard InChI is InChI=1S/C37H58F3N5O7S/c1-6-19-41-31(48)28(46)26(20-24-13-14-24)42-30(47)27-21-25(37(38,39)40)22-45(27)32(49)29(35(5)15-9-7-10-16-35)43-33(50)44-36(17-11-8-12-18-36)23-53(51,52)34(2,3)4/h6,24-27,29H,1,7-23H2,2-5H3,(H,41,48)(H,42,47)(H2,43,44,50)/t25-,26?,27+,29-/m1/s1. The number of amides is 5. The van der Waals surface area contributed by atoms with Crippen LogP contribution in [0.4, 0.5) is 18.0 Å². The van der Waals surface area contributed by atoms with E-state index < -0.39 is 98.3 Å². The molecule has 4 rings (SSSR count). The highest BCUT2D eigenvalue weighted by molar-refractivity contribution is 7.92. The van der Waals surface area contributed by atoms with Crippen molar-refractivity contribution in [2.75, 3.05) is 18.8 Å². The lowest BCUT2D eigenvalue weighted by atomic mass is 9.70. The molecule has 4 atom stereocenters. The van der Waals surface area contributed by atoms with Crippen molar-refractivity contribution in [3.63, 3.8) is 0 Å². The Hall–Kier alpha value is -3.17. The maximum absolute atomic E-state index is 14.6. The van der Waals surface area contributed by atoms with Crippen LogP contribution in [-0.2, 0) is 29.0 Å². The molecule has 53 heavy (non-hydrogen) atoms. The molecule has 4 N–H and O–H groups in total. The molecule has 16 heteroatoms. The molecule has 0 aromatic heterocycles. The van der Waals surface area contributed by atoms with Gasteiger partial charge in [-0.2, -0.15) is 13.2 Å². The van der Waals surface area contributed by atoms with Gasteiger partial charge in [-0.1, -0.05) is 64.4 Å². The molecular formula is C37H58F3N5O7S. The Morgan fingerprint density at radius 1 is 0.925 bits per heavy atom. The van der Waals surface area contributed by atoms with Crippen LogP contribution in [0.25, 0.3) is 0 Å². The van der Waals surface area contributed by atoms with Crippen molar-refractivity contribution >= 4 is 39.4 Å². The van der Waals surface area contributed by atoms with Gasteiger partial charge in [-0.3, -0.25) is 19.2 Å². The summed E-state index contributed by atoms with van der Waals surface area (Å²) in [4.78, 5) is 69.0. The molecule has 12 nitrogen and oxygen atoms in total. The highest BCUT2D eigenvalue weighted by Gasteiger charge is 2.54. The number of nitrogens with zero attached hydrogens (tertiary/aromatic N) is 1. The number of halogens is 3. The number of hydrogen-bond donors (Lipinski definition) is 4. The van der Waals surface area contributed by atoms with Gasteiger partial charge in [-0.25, -0.2) is 13.2 Å². The van der Waals surface area contributed by atoms with E-state index in [4.69, 9.17) is 0 Å². The van der Waals surface area contributed by atoms with E-state index in [9.17, 15) is 45.6 Å². The Balaban J connectivity index is 1.63. The quantitative estimate of drug-likeness (QED) is 0.149. The summed E-state index contributed by atoms with van der Waals surface area (Å²) in [5.74, 6) is -6.03. The summed E-state index contributed by atoms with van der Waals surface area (Å²) in [5.41, 5.74) is -1.98. The van der Waals surface area contributed by atoms with Gasteiger partial charge in [-0.05, 0) is 70.6 Å². The lowest BCUT2D eigenvalue weighted by molar-refractivity contribution is -0.171. The first kappa shape index (κ1) is 42.6. The van der Waals surface area contributed by atoms with E-state index in [1.807, 2.05) is 0 Å². The van der Waals surface area contributed by atoms with Crippen molar-refractivity contribution in [2.45, 2.75) is 152 Å². The Bertz CT molecular complexity index is 1500. The zero-order valence-electron chi connectivity index (χ0n) is 31.5. The third-order valence-corrected chi connectivity index (χ3v) is 14.5. The number of sulfone groups is 1. The number of likely N-dealkylation sites (tertiary alicyclic amines) is 1. The van der Waals surface area contributed by atoms with Gasteiger partial charge in [0.05, 0.1) is 28.0 Å². The Morgan fingerprint density at radius 3 is 2.04 bits per heavy atom. The van der Waals surface area contributed by atoms with Crippen molar-refractivity contribution in [3.8, 4) is 0 Å². The van der Waals surface area contributed by atoms with Gasteiger partial charge in [0.1, 0.15) is 12.1 Å². The van der Waals surface area contributed by atoms with Crippen molar-refractivity contribution in [1.82, 2.24) is 26.2 Å². The second kappa shape index (κ2) is 16.7. The fourth-order valence-corrected chi connectivity index (χ4v) is 9.55. The van der Waals surface area contributed by atoms with Gasteiger partial charge in [0.2, 0.25) is 17.6 Å². The Labute approximate surface area is 311 Å². The number of hydrogen-bond acceptors (Lipinski definition) is 7. The number of Topliss-reactive ketones (excluding diaryl/α,β-unsaturated/α-hetero) is 1. The molecular weight excluding hydrogens is 715 g/mol.